The van der Waals surface area contributed by atoms with Crippen molar-refractivity contribution in [2.75, 3.05) is 13.2 Å². The van der Waals surface area contributed by atoms with Crippen LogP contribution in [0.4, 0.5) is 0 Å². The highest BCUT2D eigenvalue weighted by Crippen LogP contribution is 2.40. The van der Waals surface area contributed by atoms with E-state index in [0.717, 1.165) is 0 Å². The van der Waals surface area contributed by atoms with E-state index in [1.54, 1.807) is 13.8 Å². The minimum Gasteiger partial charge on any atom is -0.507 e. The fourth-order valence-electron chi connectivity index (χ4n) is 6.07. The molecule has 4 aromatic rings. The van der Waals surface area contributed by atoms with Crippen LogP contribution in [0.5, 0.6) is 23.0 Å². The standard InChI is InChI=1S/C36H32O12/c1-3-47-31-21-5-17-9-25(33(39)40)11-19(29(17)37)7-23-15-28(36(45)46)16-24(32(23)48-4-2)8-20-12-26(34(41)42)10-18(30(20)38)6-22(31)14-27(13-21)35(43)44/h9-16,37-38H,3-8H2,1-2H3,(H,39,40)(H,41,42)(H,43,44)(H,45,46). The molecule has 4 aromatic carbocycles. The number of carboxylic acids is 4. The molecule has 12 heteroatoms. The molecule has 0 fully saturated rings. The van der Waals surface area contributed by atoms with Gasteiger partial charge in [0.05, 0.1) is 35.5 Å². The third kappa shape index (κ3) is 6.59. The quantitative estimate of drug-likeness (QED) is 0.125. The number of carbonyl (C=O) groups is 4. The summed E-state index contributed by atoms with van der Waals surface area (Å²) in [7, 11) is 0. The van der Waals surface area contributed by atoms with Crippen molar-refractivity contribution in [2.24, 2.45) is 0 Å². The number of ether oxygens (including phenoxy) is 2. The van der Waals surface area contributed by atoms with Crippen LogP contribution in [-0.4, -0.2) is 67.7 Å². The van der Waals surface area contributed by atoms with E-state index in [9.17, 15) is 49.8 Å². The van der Waals surface area contributed by atoms with Crippen molar-refractivity contribution in [3.63, 3.8) is 0 Å². The molecule has 8 bridgehead atoms. The fourth-order valence-corrected chi connectivity index (χ4v) is 6.07. The molecule has 0 atom stereocenters. The first kappa shape index (κ1) is 33.3. The summed E-state index contributed by atoms with van der Waals surface area (Å²) in [4.78, 5) is 49.0. The van der Waals surface area contributed by atoms with Gasteiger partial charge in [-0.2, -0.15) is 0 Å². The zero-order valence-electron chi connectivity index (χ0n) is 26.0. The Morgan fingerprint density at radius 3 is 0.854 bits per heavy atom. The number of rotatable bonds is 8. The smallest absolute Gasteiger partial charge is 0.335 e. The van der Waals surface area contributed by atoms with E-state index in [-0.39, 0.29) is 106 Å². The van der Waals surface area contributed by atoms with Crippen molar-refractivity contribution >= 4 is 23.9 Å². The minimum atomic E-state index is -1.29. The highest BCUT2D eigenvalue weighted by Gasteiger charge is 2.25. The number of benzene rings is 4. The predicted molar refractivity (Wildman–Crippen MR) is 170 cm³/mol. The highest BCUT2D eigenvalue weighted by atomic mass is 16.5. The number of hydrogen-bond donors (Lipinski definition) is 6. The maximum absolute atomic E-state index is 12.3. The molecule has 0 saturated heterocycles. The number of aromatic carboxylic acids is 4. The van der Waals surface area contributed by atoms with Crippen LogP contribution in [0.15, 0.2) is 48.5 Å². The summed E-state index contributed by atoms with van der Waals surface area (Å²) in [5, 5.41) is 63.0. The number of aromatic hydroxyl groups is 2. The van der Waals surface area contributed by atoms with E-state index in [2.05, 4.69) is 0 Å². The Labute approximate surface area is 274 Å². The zero-order valence-corrected chi connectivity index (χ0v) is 26.0. The second kappa shape index (κ2) is 13.4. The molecule has 248 valence electrons. The molecule has 48 heavy (non-hydrogen) atoms. The molecular weight excluding hydrogens is 624 g/mol. The molecule has 0 radical (unpaired) electrons. The lowest BCUT2D eigenvalue weighted by molar-refractivity contribution is 0.0685. The van der Waals surface area contributed by atoms with Crippen LogP contribution in [0.1, 0.15) is 99.8 Å². The third-order valence-electron chi connectivity index (χ3n) is 8.11. The second-order valence-electron chi connectivity index (χ2n) is 11.3. The van der Waals surface area contributed by atoms with Gasteiger partial charge >= 0.3 is 23.9 Å². The molecule has 1 aliphatic rings. The Balaban J connectivity index is 1.91. The SMILES string of the molecule is CCOc1c2cc(C(=O)O)cc1Cc1cc(C(=O)O)cc(c1O)Cc1cc(C(=O)O)cc(c1OCC)Cc1cc(C(=O)O)cc(c1O)C2. The molecule has 12 nitrogen and oxygen atoms in total. The van der Waals surface area contributed by atoms with Gasteiger partial charge in [-0.1, -0.05) is 0 Å². The van der Waals surface area contributed by atoms with Crippen LogP contribution in [0.3, 0.4) is 0 Å². The van der Waals surface area contributed by atoms with E-state index in [1.165, 1.54) is 48.5 Å². The summed E-state index contributed by atoms with van der Waals surface area (Å²) in [5.74, 6) is -5.24. The largest absolute Gasteiger partial charge is 0.507 e. The van der Waals surface area contributed by atoms with Gasteiger partial charge in [-0.25, -0.2) is 19.2 Å². The van der Waals surface area contributed by atoms with Gasteiger partial charge in [0.15, 0.2) is 0 Å². The number of phenols is 2. The third-order valence-corrected chi connectivity index (χ3v) is 8.11. The maximum Gasteiger partial charge on any atom is 0.335 e. The zero-order chi connectivity index (χ0) is 34.9. The first-order valence-electron chi connectivity index (χ1n) is 15.0. The first-order valence-corrected chi connectivity index (χ1v) is 15.0. The normalized spacial score (nSPS) is 12.2. The van der Waals surface area contributed by atoms with Crippen molar-refractivity contribution in [1.82, 2.24) is 0 Å². The van der Waals surface area contributed by atoms with E-state index < -0.39 is 23.9 Å². The van der Waals surface area contributed by atoms with Crippen molar-refractivity contribution < 1.29 is 59.3 Å². The maximum atomic E-state index is 12.3. The number of fused-ring (bicyclic) bond motifs is 8. The summed E-state index contributed by atoms with van der Waals surface area (Å²) in [6.45, 7) is 3.71. The van der Waals surface area contributed by atoms with Gasteiger partial charge in [0.1, 0.15) is 23.0 Å². The van der Waals surface area contributed by atoms with Gasteiger partial charge in [0.25, 0.3) is 0 Å². The average Bonchev–Trinajstić information content (AvgIpc) is 3.02. The van der Waals surface area contributed by atoms with Crippen molar-refractivity contribution in [3.8, 4) is 23.0 Å². The van der Waals surface area contributed by atoms with Crippen molar-refractivity contribution in [2.45, 2.75) is 39.5 Å². The van der Waals surface area contributed by atoms with E-state index in [4.69, 9.17) is 9.47 Å². The molecule has 0 amide bonds. The topological polar surface area (TPSA) is 208 Å². The fraction of sp³-hybridized carbons (Fsp3) is 0.222. The molecule has 0 spiro atoms. The number of phenolic OH excluding ortho intramolecular Hbond substituents is 2. The van der Waals surface area contributed by atoms with Crippen molar-refractivity contribution in [3.05, 3.63) is 115 Å². The van der Waals surface area contributed by atoms with Gasteiger partial charge in [-0.15, -0.1) is 0 Å². The van der Waals surface area contributed by atoms with Crippen LogP contribution in [0.2, 0.25) is 0 Å². The number of carboxylic acid groups (broad SMARTS) is 4. The first-order chi connectivity index (χ1) is 22.8. The lowest BCUT2D eigenvalue weighted by atomic mass is 9.88. The Bertz CT molecular complexity index is 1750. The molecule has 0 saturated carbocycles. The van der Waals surface area contributed by atoms with Crippen LogP contribution in [0, 0.1) is 0 Å². The van der Waals surface area contributed by atoms with E-state index >= 15 is 0 Å². The molecule has 0 heterocycles. The Kier molecular flexibility index (Phi) is 9.28. The summed E-state index contributed by atoms with van der Waals surface area (Å²) in [6.07, 6.45) is -0.688. The van der Waals surface area contributed by atoms with E-state index in [0.29, 0.717) is 22.3 Å². The predicted octanol–water partition coefficient (Wildman–Crippen LogP) is 5.36. The monoisotopic (exact) mass is 656 g/mol. The van der Waals surface area contributed by atoms with Gasteiger partial charge in [0, 0.05) is 25.7 Å². The van der Waals surface area contributed by atoms with Gasteiger partial charge in [-0.05, 0) is 107 Å². The summed E-state index contributed by atoms with van der Waals surface area (Å²) >= 11 is 0. The van der Waals surface area contributed by atoms with Crippen LogP contribution >= 0.6 is 0 Å². The Hall–Kier alpha value is -6.04. The lowest BCUT2D eigenvalue weighted by Crippen LogP contribution is -2.11. The van der Waals surface area contributed by atoms with Crippen LogP contribution in [0.25, 0.3) is 0 Å². The molecule has 0 aliphatic heterocycles. The molecule has 0 aromatic heterocycles. The van der Waals surface area contributed by atoms with Gasteiger partial charge in [-0.3, -0.25) is 0 Å². The minimum absolute atomic E-state index is 0.136. The lowest BCUT2D eigenvalue weighted by Gasteiger charge is -2.21. The molecule has 6 N–H and O–H groups in total. The molecule has 1 aliphatic carbocycles. The van der Waals surface area contributed by atoms with Gasteiger partial charge < -0.3 is 40.1 Å². The van der Waals surface area contributed by atoms with Crippen LogP contribution < -0.4 is 9.47 Å². The highest BCUT2D eigenvalue weighted by molar-refractivity contribution is 5.91. The van der Waals surface area contributed by atoms with Crippen LogP contribution in [-0.2, 0) is 25.7 Å². The Morgan fingerprint density at radius 2 is 0.667 bits per heavy atom. The summed E-state index contributed by atoms with van der Waals surface area (Å²) < 4.78 is 12.0. The van der Waals surface area contributed by atoms with E-state index in [1.807, 2.05) is 0 Å². The summed E-state index contributed by atoms with van der Waals surface area (Å²) in [6, 6.07) is 10.5. The number of hydrogen-bond acceptors (Lipinski definition) is 8. The second-order valence-corrected chi connectivity index (χ2v) is 11.3. The summed E-state index contributed by atoms with van der Waals surface area (Å²) in [5.41, 5.74) is 1.09. The molecule has 0 unspecified atom stereocenters. The van der Waals surface area contributed by atoms with Crippen molar-refractivity contribution in [1.29, 1.82) is 0 Å². The average molecular weight is 657 g/mol. The Morgan fingerprint density at radius 1 is 0.458 bits per heavy atom. The molecular formula is C36H32O12. The van der Waals surface area contributed by atoms with Gasteiger partial charge in [0.2, 0.25) is 0 Å². The molecule has 5 rings (SSSR count).